The number of ether oxygens (including phenoxy) is 4. The Balaban J connectivity index is 1.85. The summed E-state index contributed by atoms with van der Waals surface area (Å²) < 4.78 is 21.9. The molecule has 0 aliphatic heterocycles. The molecule has 1 aromatic heterocycles. The van der Waals surface area contributed by atoms with E-state index in [-0.39, 0.29) is 33.7 Å². The lowest BCUT2D eigenvalue weighted by Gasteiger charge is -2.26. The topological polar surface area (TPSA) is 92.1 Å². The van der Waals surface area contributed by atoms with E-state index in [1.807, 2.05) is 53.4 Å². The highest BCUT2D eigenvalue weighted by Gasteiger charge is 2.26. The molecule has 0 radical (unpaired) electrons. The van der Waals surface area contributed by atoms with Crippen molar-refractivity contribution < 1.29 is 23.7 Å². The quantitative estimate of drug-likeness (QED) is 0.203. The molecule has 0 fully saturated rings. The van der Waals surface area contributed by atoms with Crippen LogP contribution in [-0.4, -0.2) is 44.0 Å². The van der Waals surface area contributed by atoms with Crippen LogP contribution in [0, 0.1) is 0 Å². The van der Waals surface area contributed by atoms with Gasteiger partial charge >= 0.3 is 5.97 Å². The molecule has 0 saturated carbocycles. The highest BCUT2D eigenvalue weighted by atomic mass is 35.5. The highest BCUT2D eigenvalue weighted by molar-refractivity contribution is 6.37. The fourth-order valence-corrected chi connectivity index (χ4v) is 5.05. The third-order valence-electron chi connectivity index (χ3n) is 6.33. The largest absolute Gasteiger partial charge is 0.497 e. The SMILES string of the molecule is COCc1cc(Cl)c(-n2cnc(N(Cc3ccc(OC)cc3)Cc3ccc(OC)cc3)c(C(=O)OC)c2=O)c(Cl)c1. The molecular weight excluding hydrogens is 569 g/mol. The Morgan fingerprint density at radius 2 is 1.34 bits per heavy atom. The molecule has 0 atom stereocenters. The number of carbonyl (C=O) groups is 1. The number of benzene rings is 3. The number of anilines is 1. The molecule has 3 aromatic carbocycles. The smallest absolute Gasteiger partial charge is 0.347 e. The van der Waals surface area contributed by atoms with Gasteiger partial charge in [-0.25, -0.2) is 9.78 Å². The lowest BCUT2D eigenvalue weighted by Crippen LogP contribution is -2.33. The van der Waals surface area contributed by atoms with Gasteiger partial charge in [-0.2, -0.15) is 0 Å². The number of nitrogens with zero attached hydrogens (tertiary/aromatic N) is 3. The third kappa shape index (κ3) is 6.82. The van der Waals surface area contributed by atoms with Gasteiger partial charge in [0.25, 0.3) is 5.56 Å². The summed E-state index contributed by atoms with van der Waals surface area (Å²) in [7, 11) is 5.95. The summed E-state index contributed by atoms with van der Waals surface area (Å²) in [4.78, 5) is 33.4. The second-order valence-electron chi connectivity index (χ2n) is 9.00. The van der Waals surface area contributed by atoms with Crippen molar-refractivity contribution in [2.75, 3.05) is 33.3 Å². The van der Waals surface area contributed by atoms with Gasteiger partial charge in [0.05, 0.1) is 43.7 Å². The third-order valence-corrected chi connectivity index (χ3v) is 6.91. The summed E-state index contributed by atoms with van der Waals surface area (Å²) >= 11 is 13.1. The molecule has 0 spiro atoms. The van der Waals surface area contributed by atoms with Gasteiger partial charge in [0.2, 0.25) is 0 Å². The van der Waals surface area contributed by atoms with Gasteiger partial charge in [0.1, 0.15) is 17.8 Å². The van der Waals surface area contributed by atoms with Crippen LogP contribution in [0.5, 0.6) is 11.5 Å². The van der Waals surface area contributed by atoms with E-state index in [0.717, 1.165) is 21.3 Å². The van der Waals surface area contributed by atoms with Gasteiger partial charge in [-0.1, -0.05) is 47.5 Å². The second kappa shape index (κ2) is 13.5. The highest BCUT2D eigenvalue weighted by Crippen LogP contribution is 2.31. The van der Waals surface area contributed by atoms with Gasteiger partial charge in [-0.3, -0.25) is 9.36 Å². The number of esters is 1. The van der Waals surface area contributed by atoms with Gasteiger partial charge in [-0.05, 0) is 53.1 Å². The van der Waals surface area contributed by atoms with Gasteiger partial charge in [0, 0.05) is 20.2 Å². The first-order valence-electron chi connectivity index (χ1n) is 12.5. The zero-order valence-electron chi connectivity index (χ0n) is 23.0. The predicted octanol–water partition coefficient (Wildman–Crippen LogP) is 5.70. The van der Waals surface area contributed by atoms with E-state index in [9.17, 15) is 9.59 Å². The van der Waals surface area contributed by atoms with Crippen molar-refractivity contribution in [3.05, 3.63) is 110 Å². The van der Waals surface area contributed by atoms with Crippen LogP contribution in [0.2, 0.25) is 10.0 Å². The number of methoxy groups -OCH3 is 4. The molecule has 0 saturated heterocycles. The minimum absolute atomic E-state index is 0.146. The van der Waals surface area contributed by atoms with Crippen LogP contribution in [0.4, 0.5) is 5.82 Å². The van der Waals surface area contributed by atoms with E-state index in [2.05, 4.69) is 4.98 Å². The molecule has 0 unspecified atom stereocenters. The average molecular weight is 598 g/mol. The molecule has 0 N–H and O–H groups in total. The normalized spacial score (nSPS) is 10.8. The lowest BCUT2D eigenvalue weighted by molar-refractivity contribution is 0.0598. The molecule has 41 heavy (non-hydrogen) atoms. The van der Waals surface area contributed by atoms with Crippen LogP contribution in [-0.2, 0) is 29.2 Å². The van der Waals surface area contributed by atoms with Crippen LogP contribution in [0.25, 0.3) is 5.69 Å². The maximum absolute atomic E-state index is 13.9. The molecule has 214 valence electrons. The summed E-state index contributed by atoms with van der Waals surface area (Å²) in [5.74, 6) is 0.714. The standard InChI is InChI=1S/C30H29Cl2N3O6/c1-38-17-21-13-24(31)27(25(32)14-21)35-18-33-28(26(29(35)36)30(37)41-4)34(15-19-5-9-22(39-2)10-6-19)16-20-7-11-23(40-3)12-8-20/h5-14,18H,15-17H2,1-4H3. The number of aromatic nitrogens is 2. The maximum Gasteiger partial charge on any atom is 0.347 e. The Bertz CT molecular complexity index is 1500. The van der Waals surface area contributed by atoms with Crippen molar-refractivity contribution in [3.63, 3.8) is 0 Å². The summed E-state index contributed by atoms with van der Waals surface area (Å²) in [5, 5.41) is 0.399. The first-order chi connectivity index (χ1) is 19.8. The molecule has 0 amide bonds. The first kappa shape index (κ1) is 29.9. The molecule has 0 aliphatic carbocycles. The Hall–Kier alpha value is -4.05. The van der Waals surface area contributed by atoms with Gasteiger partial charge in [-0.15, -0.1) is 0 Å². The molecule has 4 aromatic rings. The number of rotatable bonds is 11. The summed E-state index contributed by atoms with van der Waals surface area (Å²) in [6.07, 6.45) is 1.31. The summed E-state index contributed by atoms with van der Waals surface area (Å²) in [6.45, 7) is 0.929. The van der Waals surface area contributed by atoms with E-state index in [0.29, 0.717) is 24.6 Å². The summed E-state index contributed by atoms with van der Waals surface area (Å²) in [5.41, 5.74) is 1.79. The van der Waals surface area contributed by atoms with Crippen LogP contribution in [0.15, 0.2) is 71.8 Å². The van der Waals surface area contributed by atoms with Crippen molar-refractivity contribution >= 4 is 35.0 Å². The number of hydrogen-bond donors (Lipinski definition) is 0. The molecule has 0 aliphatic rings. The summed E-state index contributed by atoms with van der Waals surface area (Å²) in [6, 6.07) is 18.2. The van der Waals surface area contributed by atoms with Crippen molar-refractivity contribution in [2.24, 2.45) is 0 Å². The van der Waals surface area contributed by atoms with Crippen molar-refractivity contribution in [3.8, 4) is 17.2 Å². The molecule has 4 rings (SSSR count). The van der Waals surface area contributed by atoms with Crippen molar-refractivity contribution in [1.29, 1.82) is 0 Å². The van der Waals surface area contributed by atoms with E-state index < -0.39 is 11.5 Å². The van der Waals surface area contributed by atoms with Crippen molar-refractivity contribution in [2.45, 2.75) is 19.7 Å². The molecule has 11 heteroatoms. The van der Waals surface area contributed by atoms with Crippen LogP contribution in [0.1, 0.15) is 27.0 Å². The monoisotopic (exact) mass is 597 g/mol. The number of carbonyl (C=O) groups excluding carboxylic acids is 1. The minimum Gasteiger partial charge on any atom is -0.497 e. The van der Waals surface area contributed by atoms with E-state index in [1.54, 1.807) is 33.5 Å². The van der Waals surface area contributed by atoms with Crippen molar-refractivity contribution in [1.82, 2.24) is 9.55 Å². The van der Waals surface area contributed by atoms with E-state index >= 15 is 0 Å². The van der Waals surface area contributed by atoms with Crippen LogP contribution in [0.3, 0.4) is 0 Å². The van der Waals surface area contributed by atoms with Gasteiger partial charge in [0.15, 0.2) is 11.4 Å². The minimum atomic E-state index is -0.843. The predicted molar refractivity (Wildman–Crippen MR) is 158 cm³/mol. The number of halogens is 2. The molecule has 9 nitrogen and oxygen atoms in total. The van der Waals surface area contributed by atoms with Gasteiger partial charge < -0.3 is 23.8 Å². The molecular formula is C30H29Cl2N3O6. The molecule has 0 bridgehead atoms. The van der Waals surface area contributed by atoms with Crippen LogP contribution < -0.4 is 19.9 Å². The maximum atomic E-state index is 13.9. The Morgan fingerprint density at radius 3 is 1.78 bits per heavy atom. The Kier molecular flexibility index (Phi) is 9.88. The zero-order chi connectivity index (χ0) is 29.5. The average Bonchev–Trinajstić information content (AvgIpc) is 2.97. The lowest BCUT2D eigenvalue weighted by atomic mass is 10.1. The van der Waals surface area contributed by atoms with E-state index in [1.165, 1.54) is 13.4 Å². The van der Waals surface area contributed by atoms with Crippen LogP contribution >= 0.6 is 23.2 Å². The Morgan fingerprint density at radius 1 is 0.829 bits per heavy atom. The second-order valence-corrected chi connectivity index (χ2v) is 9.82. The zero-order valence-corrected chi connectivity index (χ0v) is 24.5. The fourth-order valence-electron chi connectivity index (χ4n) is 4.33. The Labute approximate surface area is 247 Å². The fraction of sp³-hybridized carbons (Fsp3) is 0.233. The molecule has 1 heterocycles. The number of hydrogen-bond acceptors (Lipinski definition) is 8. The first-order valence-corrected chi connectivity index (χ1v) is 13.2. The van der Waals surface area contributed by atoms with E-state index in [4.69, 9.17) is 42.1 Å².